The quantitative estimate of drug-likeness (QED) is 0.553. The van der Waals surface area contributed by atoms with Crippen LogP contribution in [0.3, 0.4) is 0 Å². The van der Waals surface area contributed by atoms with Crippen molar-refractivity contribution < 1.29 is 30.7 Å². The first-order chi connectivity index (χ1) is 9.62. The average molecular weight is 309 g/mol. The zero-order valence-corrected chi connectivity index (χ0v) is 10.3. The van der Waals surface area contributed by atoms with Crippen LogP contribution in [0.4, 0.5) is 30.7 Å². The largest absolute Gasteiger partial charge is 0.417 e. The van der Waals surface area contributed by atoms with Crippen LogP contribution in [0.2, 0.25) is 0 Å². The molecule has 0 bridgehead atoms. The number of rotatable bonds is 1. The van der Waals surface area contributed by atoms with Crippen LogP contribution in [-0.2, 0) is 6.18 Å². The molecule has 0 amide bonds. The van der Waals surface area contributed by atoms with E-state index in [2.05, 4.69) is 4.98 Å². The zero-order chi connectivity index (χ0) is 15.9. The molecule has 0 atom stereocenters. The van der Waals surface area contributed by atoms with Crippen LogP contribution in [0.1, 0.15) is 11.1 Å². The summed E-state index contributed by atoms with van der Waals surface area (Å²) in [4.78, 5) is 2.31. The topological polar surface area (TPSA) is 12.9 Å². The molecule has 0 aliphatic rings. The first kappa shape index (κ1) is 15.3. The van der Waals surface area contributed by atoms with Crippen molar-refractivity contribution in [3.8, 4) is 11.1 Å². The minimum Gasteiger partial charge on any atom is -0.201 e. The van der Waals surface area contributed by atoms with Crippen molar-refractivity contribution in [3.05, 3.63) is 52.9 Å². The van der Waals surface area contributed by atoms with Crippen molar-refractivity contribution in [2.45, 2.75) is 13.1 Å². The molecule has 2 rings (SSSR count). The van der Waals surface area contributed by atoms with Crippen LogP contribution < -0.4 is 0 Å². The van der Waals surface area contributed by atoms with Crippen LogP contribution in [0.15, 0.2) is 18.2 Å². The molecule has 1 aromatic carbocycles. The molecule has 8 heteroatoms. The highest BCUT2D eigenvalue weighted by Crippen LogP contribution is 2.39. The number of halogens is 7. The summed E-state index contributed by atoms with van der Waals surface area (Å²) >= 11 is 0. The molecule has 1 nitrogen and oxygen atoms in total. The Balaban J connectivity index is 2.88. The van der Waals surface area contributed by atoms with Gasteiger partial charge in [0.25, 0.3) is 11.9 Å². The minimum absolute atomic E-state index is 0.231. The van der Waals surface area contributed by atoms with Gasteiger partial charge in [0.1, 0.15) is 0 Å². The standard InChI is InChI=1S/C13H6F7N/c1-5-2-3-7(13(18,19)20)6(4-5)8-9(14)11(16)21-12(17)10(8)15/h2-4H,1H3. The molecule has 1 aromatic heterocycles. The van der Waals surface area contributed by atoms with Gasteiger partial charge in [-0.3, -0.25) is 0 Å². The highest BCUT2D eigenvalue weighted by molar-refractivity contribution is 5.70. The Labute approximate surface area is 114 Å². The average Bonchev–Trinajstić information content (AvgIpc) is 2.35. The molecule has 0 radical (unpaired) electrons. The number of pyridine rings is 1. The Bertz CT molecular complexity index is 680. The second-order valence-corrected chi connectivity index (χ2v) is 4.24. The van der Waals surface area contributed by atoms with Gasteiger partial charge in [-0.1, -0.05) is 17.7 Å². The second kappa shape index (κ2) is 5.01. The third-order valence-electron chi connectivity index (χ3n) is 2.75. The number of nitrogens with zero attached hydrogens (tertiary/aromatic N) is 1. The summed E-state index contributed by atoms with van der Waals surface area (Å²) in [6, 6.07) is 2.44. The summed E-state index contributed by atoms with van der Waals surface area (Å²) in [5, 5.41) is 0. The molecule has 0 spiro atoms. The molecule has 0 fully saturated rings. The third-order valence-corrected chi connectivity index (χ3v) is 2.75. The van der Waals surface area contributed by atoms with Gasteiger partial charge in [0.05, 0.1) is 11.1 Å². The van der Waals surface area contributed by atoms with E-state index >= 15 is 0 Å². The highest BCUT2D eigenvalue weighted by atomic mass is 19.4. The number of hydrogen-bond acceptors (Lipinski definition) is 1. The van der Waals surface area contributed by atoms with Crippen molar-refractivity contribution in [3.63, 3.8) is 0 Å². The van der Waals surface area contributed by atoms with E-state index in [9.17, 15) is 30.7 Å². The number of aryl methyl sites for hydroxylation is 1. The van der Waals surface area contributed by atoms with Crippen molar-refractivity contribution in [1.82, 2.24) is 4.98 Å². The lowest BCUT2D eigenvalue weighted by atomic mass is 9.97. The van der Waals surface area contributed by atoms with Gasteiger partial charge in [-0.2, -0.15) is 26.9 Å². The highest BCUT2D eigenvalue weighted by Gasteiger charge is 2.36. The van der Waals surface area contributed by atoms with Crippen LogP contribution in [0, 0.1) is 30.5 Å². The molecular formula is C13H6F7N. The molecule has 0 saturated carbocycles. The van der Waals surface area contributed by atoms with Gasteiger partial charge in [-0.25, -0.2) is 8.78 Å². The maximum Gasteiger partial charge on any atom is 0.417 e. The Hall–Kier alpha value is -2.12. The monoisotopic (exact) mass is 309 g/mol. The van der Waals surface area contributed by atoms with Crippen LogP contribution in [-0.4, -0.2) is 4.98 Å². The van der Waals surface area contributed by atoms with Crippen LogP contribution in [0.5, 0.6) is 0 Å². The van der Waals surface area contributed by atoms with Gasteiger partial charge in [0, 0.05) is 5.56 Å². The summed E-state index contributed by atoms with van der Waals surface area (Å²) in [7, 11) is 0. The van der Waals surface area contributed by atoms with Gasteiger partial charge in [0.2, 0.25) is 0 Å². The lowest BCUT2D eigenvalue weighted by Crippen LogP contribution is -2.10. The van der Waals surface area contributed by atoms with Crippen molar-refractivity contribution >= 4 is 0 Å². The molecule has 21 heavy (non-hydrogen) atoms. The first-order valence-electron chi connectivity index (χ1n) is 5.51. The van der Waals surface area contributed by atoms with Gasteiger partial charge >= 0.3 is 6.18 Å². The van der Waals surface area contributed by atoms with Crippen molar-refractivity contribution in [1.29, 1.82) is 0 Å². The van der Waals surface area contributed by atoms with E-state index in [4.69, 9.17) is 0 Å². The predicted molar refractivity (Wildman–Crippen MR) is 59.2 cm³/mol. The van der Waals surface area contributed by atoms with Crippen molar-refractivity contribution in [2.75, 3.05) is 0 Å². The Morgan fingerprint density at radius 1 is 0.905 bits per heavy atom. The summed E-state index contributed by atoms with van der Waals surface area (Å²) in [5.74, 6) is -7.99. The van der Waals surface area contributed by atoms with Gasteiger partial charge in [-0.05, 0) is 13.0 Å². The van der Waals surface area contributed by atoms with E-state index in [1.165, 1.54) is 6.92 Å². The lowest BCUT2D eigenvalue weighted by molar-refractivity contribution is -0.137. The number of benzene rings is 1. The van der Waals surface area contributed by atoms with E-state index in [0.717, 1.165) is 12.1 Å². The van der Waals surface area contributed by atoms with Crippen LogP contribution >= 0.6 is 0 Å². The maximum atomic E-state index is 13.6. The molecule has 112 valence electrons. The fourth-order valence-corrected chi connectivity index (χ4v) is 1.84. The summed E-state index contributed by atoms with van der Waals surface area (Å²) in [5.41, 5.74) is -3.60. The molecule has 0 saturated heterocycles. The van der Waals surface area contributed by atoms with E-state index in [0.29, 0.717) is 6.07 Å². The third kappa shape index (κ3) is 2.70. The second-order valence-electron chi connectivity index (χ2n) is 4.24. The normalized spacial score (nSPS) is 11.8. The number of alkyl halides is 3. The first-order valence-corrected chi connectivity index (χ1v) is 5.51. The Kier molecular flexibility index (Phi) is 3.65. The minimum atomic E-state index is -4.95. The lowest BCUT2D eigenvalue weighted by Gasteiger charge is -2.15. The summed E-state index contributed by atoms with van der Waals surface area (Å²) in [6.07, 6.45) is -4.95. The van der Waals surface area contributed by atoms with E-state index in [1.807, 2.05) is 0 Å². The smallest absolute Gasteiger partial charge is 0.201 e. The molecular weight excluding hydrogens is 303 g/mol. The Morgan fingerprint density at radius 2 is 1.43 bits per heavy atom. The summed E-state index contributed by atoms with van der Waals surface area (Å²) < 4.78 is 92.0. The van der Waals surface area contributed by atoms with E-state index in [1.54, 1.807) is 0 Å². The maximum absolute atomic E-state index is 13.6. The summed E-state index contributed by atoms with van der Waals surface area (Å²) in [6.45, 7) is 1.37. The molecule has 2 aromatic rings. The molecule has 0 N–H and O–H groups in total. The van der Waals surface area contributed by atoms with E-state index < -0.39 is 46.4 Å². The van der Waals surface area contributed by atoms with Gasteiger partial charge < -0.3 is 0 Å². The molecule has 1 heterocycles. The molecule has 0 unspecified atom stereocenters. The number of aromatic nitrogens is 1. The predicted octanol–water partition coefficient (Wildman–Crippen LogP) is 4.63. The van der Waals surface area contributed by atoms with Gasteiger partial charge in [0.15, 0.2) is 11.6 Å². The molecule has 0 aliphatic heterocycles. The SMILES string of the molecule is Cc1ccc(C(F)(F)F)c(-c2c(F)c(F)nc(F)c2F)c1. The fourth-order valence-electron chi connectivity index (χ4n) is 1.84. The van der Waals surface area contributed by atoms with Crippen molar-refractivity contribution in [2.24, 2.45) is 0 Å². The fraction of sp³-hybridized carbons (Fsp3) is 0.154. The van der Waals surface area contributed by atoms with Gasteiger partial charge in [-0.15, -0.1) is 0 Å². The van der Waals surface area contributed by atoms with E-state index in [-0.39, 0.29) is 5.56 Å². The molecule has 0 aliphatic carbocycles. The van der Waals surface area contributed by atoms with Crippen LogP contribution in [0.25, 0.3) is 11.1 Å². The number of hydrogen-bond donors (Lipinski definition) is 0. The zero-order valence-electron chi connectivity index (χ0n) is 10.3. The Morgan fingerprint density at radius 3 is 1.90 bits per heavy atom.